The fourth-order valence-electron chi connectivity index (χ4n) is 3.97. The van der Waals surface area contributed by atoms with Crippen LogP contribution < -0.4 is 10.2 Å². The molecule has 4 heterocycles. The van der Waals surface area contributed by atoms with Crippen molar-refractivity contribution in [3.63, 3.8) is 0 Å². The predicted molar refractivity (Wildman–Crippen MR) is 129 cm³/mol. The van der Waals surface area contributed by atoms with Gasteiger partial charge in [0, 0.05) is 60.8 Å². The zero-order valence-corrected chi connectivity index (χ0v) is 19.1. The van der Waals surface area contributed by atoms with E-state index in [4.69, 9.17) is 14.7 Å². The normalized spacial score (nSPS) is 14.4. The first kappa shape index (κ1) is 22.3. The summed E-state index contributed by atoms with van der Waals surface area (Å²) < 4.78 is 39.0. The highest BCUT2D eigenvalue weighted by atomic mass is 32.2. The van der Waals surface area contributed by atoms with Gasteiger partial charge in [0.2, 0.25) is 5.95 Å². The van der Waals surface area contributed by atoms with E-state index in [0.29, 0.717) is 55.6 Å². The summed E-state index contributed by atoms with van der Waals surface area (Å²) in [6, 6.07) is 10.4. The number of hydrogen-bond donors (Lipinski definition) is 3. The highest BCUT2D eigenvalue weighted by Gasteiger charge is 2.19. The van der Waals surface area contributed by atoms with Gasteiger partial charge in [-0.15, -0.1) is 0 Å². The number of fused-ring (bicyclic) bond motifs is 1. The molecule has 3 N–H and O–H groups in total. The first-order valence-corrected chi connectivity index (χ1v) is 12.3. The molecule has 176 valence electrons. The molecule has 1 aliphatic heterocycles. The molecule has 11 heteroatoms. The molecular weight excluding hydrogens is 456 g/mol. The Morgan fingerprint density at radius 2 is 2.00 bits per heavy atom. The van der Waals surface area contributed by atoms with Gasteiger partial charge in [-0.2, -0.15) is 13.4 Å². The minimum atomic E-state index is -4.40. The number of aromatic nitrogens is 4. The van der Waals surface area contributed by atoms with E-state index in [1.54, 1.807) is 12.4 Å². The van der Waals surface area contributed by atoms with Crippen molar-refractivity contribution in [1.82, 2.24) is 19.9 Å². The molecule has 0 spiro atoms. The summed E-state index contributed by atoms with van der Waals surface area (Å²) in [6.45, 7) is 3.18. The second kappa shape index (κ2) is 9.37. The Hall–Kier alpha value is -3.54. The smallest absolute Gasteiger partial charge is 0.294 e. The second-order valence-corrected chi connectivity index (χ2v) is 9.38. The second-order valence-electron chi connectivity index (χ2n) is 7.96. The average Bonchev–Trinajstić information content (AvgIpc) is 3.33. The maximum Gasteiger partial charge on any atom is 0.294 e. The number of aromatic amines is 1. The number of nitrogens with one attached hydrogen (secondary N) is 2. The molecule has 5 rings (SSSR count). The molecule has 3 aromatic heterocycles. The lowest BCUT2D eigenvalue weighted by molar-refractivity contribution is 0.122. The van der Waals surface area contributed by atoms with Crippen LogP contribution in [0, 0.1) is 0 Å². The molecule has 10 nitrogen and oxygen atoms in total. The van der Waals surface area contributed by atoms with Gasteiger partial charge >= 0.3 is 0 Å². The van der Waals surface area contributed by atoms with Crippen molar-refractivity contribution in [3.05, 3.63) is 60.6 Å². The molecule has 0 saturated carbocycles. The summed E-state index contributed by atoms with van der Waals surface area (Å²) in [5.74, 6) is 1.15. The molecule has 34 heavy (non-hydrogen) atoms. The Labute approximate surface area is 196 Å². The van der Waals surface area contributed by atoms with Crippen LogP contribution >= 0.6 is 0 Å². The van der Waals surface area contributed by atoms with Gasteiger partial charge in [0.1, 0.15) is 5.82 Å². The molecule has 0 amide bonds. The van der Waals surface area contributed by atoms with Crippen LogP contribution in [0.1, 0.15) is 5.56 Å². The van der Waals surface area contributed by atoms with Crippen LogP contribution in [0.15, 0.2) is 59.9 Å². The molecule has 0 bridgehead atoms. The van der Waals surface area contributed by atoms with Gasteiger partial charge in [-0.25, -0.2) is 4.98 Å². The van der Waals surface area contributed by atoms with E-state index in [-0.39, 0.29) is 4.90 Å². The molecular formula is C23H24N6O4S. The quantitative estimate of drug-likeness (QED) is 0.341. The van der Waals surface area contributed by atoms with E-state index in [2.05, 4.69) is 20.2 Å². The van der Waals surface area contributed by atoms with Crippen molar-refractivity contribution >= 4 is 32.8 Å². The highest BCUT2D eigenvalue weighted by molar-refractivity contribution is 7.85. The van der Waals surface area contributed by atoms with Crippen LogP contribution in [0.5, 0.6) is 0 Å². The minimum Gasteiger partial charge on any atom is -0.378 e. The number of pyridine rings is 1. The van der Waals surface area contributed by atoms with E-state index in [1.807, 2.05) is 30.5 Å². The standard InChI is InChI=1S/C23H24N6O4S/c30-34(31,32)17-12-19(18-4-7-25-20(18)13-17)21-14-22(29-8-10-33-11-9-29)28-23(27-21)26-6-3-16-2-1-5-24-15-16/h1-2,4-5,7,12-15,25H,3,6,8-11H2,(H,26,27,28)(H,30,31,32). The van der Waals surface area contributed by atoms with Crippen molar-refractivity contribution < 1.29 is 17.7 Å². The molecule has 1 saturated heterocycles. The third-order valence-corrected chi connectivity index (χ3v) is 6.51. The first-order valence-electron chi connectivity index (χ1n) is 10.9. The third kappa shape index (κ3) is 4.86. The third-order valence-electron chi connectivity index (χ3n) is 5.68. The van der Waals surface area contributed by atoms with Crippen molar-refractivity contribution in [1.29, 1.82) is 0 Å². The SMILES string of the molecule is O=S(=O)(O)c1cc(-c2cc(N3CCOCC3)nc(NCCc3cccnc3)n2)c2cc[nH]c2c1. The lowest BCUT2D eigenvalue weighted by atomic mass is 10.1. The number of ether oxygens (including phenoxy) is 1. The van der Waals surface area contributed by atoms with Crippen LogP contribution in [0.25, 0.3) is 22.2 Å². The number of morpholine rings is 1. The average molecular weight is 481 g/mol. The topological polar surface area (TPSA) is 133 Å². The molecule has 1 aliphatic rings. The van der Waals surface area contributed by atoms with Crippen LogP contribution in [-0.2, 0) is 21.3 Å². The van der Waals surface area contributed by atoms with E-state index < -0.39 is 10.1 Å². The van der Waals surface area contributed by atoms with Gasteiger partial charge in [0.25, 0.3) is 10.1 Å². The summed E-state index contributed by atoms with van der Waals surface area (Å²) in [6.07, 6.45) is 6.02. The Balaban J connectivity index is 1.54. The van der Waals surface area contributed by atoms with Crippen molar-refractivity contribution in [3.8, 4) is 11.3 Å². The zero-order chi connectivity index (χ0) is 23.5. The van der Waals surface area contributed by atoms with Crippen LogP contribution in [-0.4, -0.2) is 65.8 Å². The van der Waals surface area contributed by atoms with E-state index in [1.165, 1.54) is 12.1 Å². The number of nitrogens with zero attached hydrogens (tertiary/aromatic N) is 4. The monoisotopic (exact) mass is 480 g/mol. The van der Waals surface area contributed by atoms with Crippen LogP contribution in [0.2, 0.25) is 0 Å². The molecule has 0 aliphatic carbocycles. The van der Waals surface area contributed by atoms with E-state index >= 15 is 0 Å². The fourth-order valence-corrected chi connectivity index (χ4v) is 4.51. The molecule has 1 aromatic carbocycles. The van der Waals surface area contributed by atoms with Gasteiger partial charge in [0.05, 0.1) is 23.8 Å². The van der Waals surface area contributed by atoms with Gasteiger partial charge < -0.3 is 19.9 Å². The van der Waals surface area contributed by atoms with Crippen LogP contribution in [0.3, 0.4) is 0 Å². The van der Waals surface area contributed by atoms with E-state index in [9.17, 15) is 13.0 Å². The van der Waals surface area contributed by atoms with Gasteiger partial charge in [-0.1, -0.05) is 6.07 Å². The summed E-state index contributed by atoms with van der Waals surface area (Å²) >= 11 is 0. The van der Waals surface area contributed by atoms with Crippen molar-refractivity contribution in [2.45, 2.75) is 11.3 Å². The van der Waals surface area contributed by atoms with Crippen molar-refractivity contribution in [2.75, 3.05) is 43.1 Å². The number of H-pyrrole nitrogens is 1. The number of anilines is 2. The molecule has 1 fully saturated rings. The number of hydrogen-bond acceptors (Lipinski definition) is 8. The summed E-state index contributed by atoms with van der Waals surface area (Å²) in [5, 5.41) is 4.08. The minimum absolute atomic E-state index is 0.199. The Morgan fingerprint density at radius 1 is 1.15 bits per heavy atom. The molecule has 4 aromatic rings. The van der Waals surface area contributed by atoms with Gasteiger partial charge in [-0.3, -0.25) is 9.54 Å². The lowest BCUT2D eigenvalue weighted by Crippen LogP contribution is -2.37. The predicted octanol–water partition coefficient (Wildman–Crippen LogP) is 2.76. The Bertz CT molecular complexity index is 1400. The molecule has 0 atom stereocenters. The first-order chi connectivity index (χ1) is 16.5. The number of rotatable bonds is 7. The fraction of sp³-hybridized carbons (Fsp3) is 0.261. The van der Waals surface area contributed by atoms with Gasteiger partial charge in [-0.05, 0) is 36.2 Å². The number of benzene rings is 1. The van der Waals surface area contributed by atoms with Gasteiger partial charge in [0.15, 0.2) is 0 Å². The summed E-state index contributed by atoms with van der Waals surface area (Å²) in [5.41, 5.74) is 2.81. The zero-order valence-electron chi connectivity index (χ0n) is 18.3. The molecule has 0 radical (unpaired) electrons. The van der Waals surface area contributed by atoms with E-state index in [0.717, 1.165) is 23.2 Å². The Morgan fingerprint density at radius 3 is 2.76 bits per heavy atom. The Kier molecular flexibility index (Phi) is 6.14. The maximum absolute atomic E-state index is 11.9. The summed E-state index contributed by atoms with van der Waals surface area (Å²) in [4.78, 5) is 18.5. The van der Waals surface area contributed by atoms with Crippen LogP contribution in [0.4, 0.5) is 11.8 Å². The highest BCUT2D eigenvalue weighted by Crippen LogP contribution is 2.32. The molecule has 0 unspecified atom stereocenters. The largest absolute Gasteiger partial charge is 0.378 e. The lowest BCUT2D eigenvalue weighted by Gasteiger charge is -2.28. The van der Waals surface area contributed by atoms with Crippen molar-refractivity contribution in [2.24, 2.45) is 0 Å². The summed E-state index contributed by atoms with van der Waals surface area (Å²) in [7, 11) is -4.40. The maximum atomic E-state index is 11.9.